The molecule has 0 aliphatic heterocycles. The monoisotopic (exact) mass is 458 g/mol. The quantitative estimate of drug-likeness (QED) is 0.363. The highest BCUT2D eigenvalue weighted by Gasteiger charge is 2.14. The Morgan fingerprint density at radius 2 is 1.91 bits per heavy atom. The van der Waals surface area contributed by atoms with Crippen LogP contribution >= 0.6 is 0 Å². The number of ether oxygens (including phenoxy) is 1. The summed E-state index contributed by atoms with van der Waals surface area (Å²) in [7, 11) is 0. The van der Waals surface area contributed by atoms with Crippen molar-refractivity contribution in [3.8, 4) is 11.3 Å². The summed E-state index contributed by atoms with van der Waals surface area (Å²) in [5.74, 6) is -0.251. The van der Waals surface area contributed by atoms with Crippen molar-refractivity contribution in [3.05, 3.63) is 82.0 Å². The van der Waals surface area contributed by atoms with E-state index in [1.165, 1.54) is 6.07 Å². The van der Waals surface area contributed by atoms with Crippen LogP contribution in [0.25, 0.3) is 33.2 Å². The Balaban J connectivity index is 1.48. The minimum atomic E-state index is -0.635. The van der Waals surface area contributed by atoms with Gasteiger partial charge in [0.05, 0.1) is 28.9 Å². The Hall–Kier alpha value is -4.60. The number of nitrogens with zero attached hydrogens (tertiary/aromatic N) is 3. The number of hydrogen-bond acceptors (Lipinski definition) is 6. The van der Waals surface area contributed by atoms with Crippen LogP contribution in [0.3, 0.4) is 0 Å². The molecule has 0 unspecified atom stereocenters. The third kappa shape index (κ3) is 4.08. The van der Waals surface area contributed by atoms with E-state index in [0.29, 0.717) is 39.9 Å². The normalized spacial score (nSPS) is 11.1. The lowest BCUT2D eigenvalue weighted by molar-refractivity contribution is 0.167. The van der Waals surface area contributed by atoms with Crippen LogP contribution in [0.2, 0.25) is 0 Å². The van der Waals surface area contributed by atoms with E-state index in [4.69, 9.17) is 4.74 Å². The number of pyridine rings is 1. The molecule has 9 nitrogen and oxygen atoms in total. The second kappa shape index (κ2) is 8.74. The summed E-state index contributed by atoms with van der Waals surface area (Å²) < 4.78 is 19.6. The molecule has 1 amide bonds. The average Bonchev–Trinajstić information content (AvgIpc) is 3.23. The van der Waals surface area contributed by atoms with Gasteiger partial charge in [-0.3, -0.25) is 10.1 Å². The Labute approximate surface area is 192 Å². The van der Waals surface area contributed by atoms with E-state index in [0.717, 1.165) is 10.9 Å². The summed E-state index contributed by atoms with van der Waals surface area (Å²) in [6.45, 7) is 1.93. The van der Waals surface area contributed by atoms with E-state index in [1.807, 2.05) is 12.1 Å². The number of nitrogens with one attached hydrogen (secondary N) is 3. The number of amides is 1. The predicted octanol–water partition coefficient (Wildman–Crippen LogP) is 4.16. The van der Waals surface area contributed by atoms with E-state index in [1.54, 1.807) is 43.3 Å². The number of H-pyrrole nitrogens is 2. The second-order valence-electron chi connectivity index (χ2n) is 7.53. The van der Waals surface area contributed by atoms with Crippen molar-refractivity contribution >= 4 is 34.0 Å². The first-order valence-corrected chi connectivity index (χ1v) is 10.6. The third-order valence-electron chi connectivity index (χ3n) is 5.30. The molecular weight excluding hydrogens is 439 g/mol. The number of hydrogen-bond donors (Lipinski definition) is 3. The molecule has 3 heterocycles. The minimum Gasteiger partial charge on any atom is -0.450 e. The molecule has 3 N–H and O–H groups in total. The van der Waals surface area contributed by atoms with Crippen molar-refractivity contribution in [2.75, 3.05) is 11.9 Å². The topological polar surface area (TPSA) is 126 Å². The standard InChI is InChI=1S/C24H19FN6O3/c1-2-34-24(33)29-23-27-19-10-9-18(26-21(19)28-23)16-11-13(7-8-17(16)25)12-20-14-5-3-4-6-15(14)22(32)31-30-20/h3-11H,2,12H2,1H3,(H,31,32)(H2,26,27,28,29,33). The van der Waals surface area contributed by atoms with Gasteiger partial charge in [0.2, 0.25) is 5.95 Å². The Bertz CT molecular complexity index is 1590. The molecule has 2 aromatic carbocycles. The lowest BCUT2D eigenvalue weighted by Gasteiger charge is -2.08. The van der Waals surface area contributed by atoms with Crippen LogP contribution in [-0.4, -0.2) is 37.8 Å². The van der Waals surface area contributed by atoms with Crippen LogP contribution in [0.5, 0.6) is 0 Å². The fraction of sp³-hybridized carbons (Fsp3) is 0.125. The van der Waals surface area contributed by atoms with Crippen LogP contribution in [0.4, 0.5) is 15.1 Å². The van der Waals surface area contributed by atoms with E-state index in [9.17, 15) is 14.0 Å². The number of aromatic nitrogens is 5. The van der Waals surface area contributed by atoms with Gasteiger partial charge in [0.25, 0.3) is 5.56 Å². The zero-order chi connectivity index (χ0) is 23.7. The fourth-order valence-corrected chi connectivity index (χ4v) is 3.74. The maximum Gasteiger partial charge on any atom is 0.413 e. The molecule has 0 aliphatic rings. The van der Waals surface area contributed by atoms with Gasteiger partial charge in [0.15, 0.2) is 5.65 Å². The molecule has 10 heteroatoms. The summed E-state index contributed by atoms with van der Waals surface area (Å²) in [5, 5.41) is 10.5. The lowest BCUT2D eigenvalue weighted by Crippen LogP contribution is -2.14. The van der Waals surface area contributed by atoms with Crippen LogP contribution in [0.15, 0.2) is 59.4 Å². The van der Waals surface area contributed by atoms with E-state index in [2.05, 4.69) is 30.5 Å². The first kappa shape index (κ1) is 21.3. The van der Waals surface area contributed by atoms with Crippen LogP contribution in [0, 0.1) is 5.82 Å². The molecule has 0 fully saturated rings. The van der Waals surface area contributed by atoms with Crippen LogP contribution in [0.1, 0.15) is 18.2 Å². The van der Waals surface area contributed by atoms with Crippen molar-refractivity contribution in [3.63, 3.8) is 0 Å². The Kier molecular flexibility index (Phi) is 5.46. The van der Waals surface area contributed by atoms with Crippen molar-refractivity contribution in [2.45, 2.75) is 13.3 Å². The highest BCUT2D eigenvalue weighted by molar-refractivity contribution is 5.86. The van der Waals surface area contributed by atoms with E-state index in [-0.39, 0.29) is 18.1 Å². The molecule has 0 atom stereocenters. The Morgan fingerprint density at radius 1 is 1.09 bits per heavy atom. The minimum absolute atomic E-state index is 0.184. The molecule has 0 spiro atoms. The Morgan fingerprint density at radius 3 is 2.74 bits per heavy atom. The molecule has 3 aromatic heterocycles. The first-order valence-electron chi connectivity index (χ1n) is 10.6. The molecule has 0 saturated heterocycles. The smallest absolute Gasteiger partial charge is 0.413 e. The van der Waals surface area contributed by atoms with Gasteiger partial charge in [-0.2, -0.15) is 10.1 Å². The lowest BCUT2D eigenvalue weighted by atomic mass is 10.0. The number of imidazole rings is 1. The summed E-state index contributed by atoms with van der Waals surface area (Å²) in [4.78, 5) is 35.3. The summed E-state index contributed by atoms with van der Waals surface area (Å²) in [5.41, 5.74) is 2.81. The SMILES string of the molecule is CCOC(=O)Nc1nc2nc(-c3cc(Cc4n[nH]c(=O)c5ccccc45)ccc3F)ccc2[nH]1. The number of fused-ring (bicyclic) bond motifs is 2. The predicted molar refractivity (Wildman–Crippen MR) is 125 cm³/mol. The number of benzene rings is 2. The van der Waals surface area contributed by atoms with E-state index >= 15 is 0 Å². The van der Waals surface area contributed by atoms with Gasteiger partial charge in [-0.15, -0.1) is 0 Å². The van der Waals surface area contributed by atoms with Gasteiger partial charge in [-0.05, 0) is 42.8 Å². The number of halogens is 1. The van der Waals surface area contributed by atoms with Crippen molar-refractivity contribution in [1.82, 2.24) is 25.1 Å². The number of anilines is 1. The van der Waals surface area contributed by atoms with Crippen molar-refractivity contribution in [2.24, 2.45) is 0 Å². The third-order valence-corrected chi connectivity index (χ3v) is 5.30. The molecule has 170 valence electrons. The number of aromatic amines is 2. The highest BCUT2D eigenvalue weighted by Crippen LogP contribution is 2.26. The maximum atomic E-state index is 14.8. The summed E-state index contributed by atoms with van der Waals surface area (Å²) >= 11 is 0. The molecule has 34 heavy (non-hydrogen) atoms. The summed E-state index contributed by atoms with van der Waals surface area (Å²) in [6.07, 6.45) is -0.244. The van der Waals surface area contributed by atoms with E-state index < -0.39 is 11.9 Å². The molecular formula is C24H19FN6O3. The molecule has 0 radical (unpaired) electrons. The second-order valence-corrected chi connectivity index (χ2v) is 7.53. The average molecular weight is 458 g/mol. The zero-order valence-corrected chi connectivity index (χ0v) is 18.1. The number of carbonyl (C=O) groups excluding carboxylic acids is 1. The molecule has 0 saturated carbocycles. The van der Waals surface area contributed by atoms with Gasteiger partial charge >= 0.3 is 6.09 Å². The molecule has 0 bridgehead atoms. The first-order chi connectivity index (χ1) is 16.5. The van der Waals surface area contributed by atoms with Crippen LogP contribution < -0.4 is 10.9 Å². The van der Waals surface area contributed by atoms with Gasteiger partial charge < -0.3 is 9.72 Å². The highest BCUT2D eigenvalue weighted by atomic mass is 19.1. The van der Waals surface area contributed by atoms with Gasteiger partial charge in [-0.1, -0.05) is 24.3 Å². The molecule has 5 aromatic rings. The number of carbonyl (C=O) groups is 1. The van der Waals surface area contributed by atoms with Crippen molar-refractivity contribution < 1.29 is 13.9 Å². The number of rotatable bonds is 5. The fourth-order valence-electron chi connectivity index (χ4n) is 3.74. The van der Waals surface area contributed by atoms with Crippen molar-refractivity contribution in [1.29, 1.82) is 0 Å². The van der Waals surface area contributed by atoms with Gasteiger partial charge in [0, 0.05) is 17.4 Å². The molecule has 5 rings (SSSR count). The molecule has 0 aliphatic carbocycles. The summed E-state index contributed by atoms with van der Waals surface area (Å²) in [6, 6.07) is 15.4. The van der Waals surface area contributed by atoms with Gasteiger partial charge in [0.1, 0.15) is 5.82 Å². The maximum absolute atomic E-state index is 14.8. The van der Waals surface area contributed by atoms with Crippen LogP contribution in [-0.2, 0) is 11.2 Å². The zero-order valence-electron chi connectivity index (χ0n) is 18.1. The van der Waals surface area contributed by atoms with Gasteiger partial charge in [-0.25, -0.2) is 19.3 Å². The largest absolute Gasteiger partial charge is 0.450 e.